The lowest BCUT2D eigenvalue weighted by molar-refractivity contribution is -0.141. The zero-order valence-electron chi connectivity index (χ0n) is 14.6. The van der Waals surface area contributed by atoms with E-state index in [0.717, 1.165) is 19.6 Å². The van der Waals surface area contributed by atoms with Gasteiger partial charge in [-0.3, -0.25) is 9.10 Å². The molecule has 0 aromatic heterocycles. The lowest BCUT2D eigenvalue weighted by Gasteiger charge is -2.25. The van der Waals surface area contributed by atoms with Gasteiger partial charge >= 0.3 is 5.97 Å². The van der Waals surface area contributed by atoms with Crippen molar-refractivity contribution in [1.82, 2.24) is 0 Å². The van der Waals surface area contributed by atoms with Crippen molar-refractivity contribution in [2.45, 2.75) is 11.8 Å². The summed E-state index contributed by atoms with van der Waals surface area (Å²) in [6.07, 6.45) is 0. The van der Waals surface area contributed by atoms with Gasteiger partial charge in [0, 0.05) is 9.86 Å². The van der Waals surface area contributed by atoms with Crippen LogP contribution in [0.15, 0.2) is 76.1 Å². The molecule has 0 atom stereocenters. The fourth-order valence-corrected chi connectivity index (χ4v) is 4.48. The predicted molar refractivity (Wildman–Crippen MR) is 109 cm³/mol. The monoisotopic (exact) mass is 447 g/mol. The summed E-state index contributed by atoms with van der Waals surface area (Å²) in [5.41, 5.74) is 0.434. The first-order valence-electron chi connectivity index (χ1n) is 8.35. The molecule has 0 saturated carbocycles. The molecule has 0 bridgehead atoms. The number of esters is 1. The minimum atomic E-state index is -3.96. The van der Waals surface area contributed by atoms with E-state index in [9.17, 15) is 13.2 Å². The van der Waals surface area contributed by atoms with E-state index in [0.29, 0.717) is 5.69 Å². The standard InChI is InChI=1S/C20H18BrNO4S/c1-2-26-20(23)14-22(27(24,25)17-12-10-16(21)11-13-17)19-9-5-7-15-6-3-4-8-18(15)19/h3-13H,2,14H2,1H3. The van der Waals surface area contributed by atoms with Crippen LogP contribution in [0.25, 0.3) is 10.8 Å². The SMILES string of the molecule is CCOC(=O)CN(c1cccc2ccccc12)S(=O)(=O)c1ccc(Br)cc1. The second-order valence-corrected chi connectivity index (χ2v) is 8.55. The Bertz CT molecular complexity index is 1060. The van der Waals surface area contributed by atoms with E-state index in [2.05, 4.69) is 15.9 Å². The van der Waals surface area contributed by atoms with Crippen molar-refractivity contribution in [1.29, 1.82) is 0 Å². The molecule has 3 aromatic carbocycles. The van der Waals surface area contributed by atoms with Crippen molar-refractivity contribution < 1.29 is 17.9 Å². The van der Waals surface area contributed by atoms with Gasteiger partial charge in [0.2, 0.25) is 0 Å². The van der Waals surface area contributed by atoms with Gasteiger partial charge in [0.1, 0.15) is 6.54 Å². The van der Waals surface area contributed by atoms with Gasteiger partial charge < -0.3 is 4.74 Å². The maximum Gasteiger partial charge on any atom is 0.326 e. The Morgan fingerprint density at radius 1 is 1.00 bits per heavy atom. The van der Waals surface area contributed by atoms with Crippen molar-refractivity contribution in [2.75, 3.05) is 17.5 Å². The van der Waals surface area contributed by atoms with Gasteiger partial charge in [-0.05, 0) is 42.6 Å². The summed E-state index contributed by atoms with van der Waals surface area (Å²) in [5.74, 6) is -0.605. The van der Waals surface area contributed by atoms with Crippen LogP contribution in [0, 0.1) is 0 Å². The van der Waals surface area contributed by atoms with Gasteiger partial charge in [-0.25, -0.2) is 8.42 Å². The molecule has 0 aliphatic heterocycles. The number of fused-ring (bicyclic) bond motifs is 1. The molecule has 0 aliphatic carbocycles. The van der Waals surface area contributed by atoms with Crippen LogP contribution in [0.4, 0.5) is 5.69 Å². The minimum Gasteiger partial charge on any atom is -0.465 e. The zero-order chi connectivity index (χ0) is 19.4. The molecule has 0 N–H and O–H groups in total. The molecule has 0 aliphatic rings. The number of nitrogens with zero attached hydrogens (tertiary/aromatic N) is 1. The molecule has 140 valence electrons. The molecule has 27 heavy (non-hydrogen) atoms. The number of rotatable bonds is 6. The molecule has 0 unspecified atom stereocenters. The summed E-state index contributed by atoms with van der Waals surface area (Å²) >= 11 is 3.30. The maximum atomic E-state index is 13.3. The summed E-state index contributed by atoms with van der Waals surface area (Å²) < 4.78 is 33.5. The highest BCUT2D eigenvalue weighted by molar-refractivity contribution is 9.10. The van der Waals surface area contributed by atoms with Crippen molar-refractivity contribution in [2.24, 2.45) is 0 Å². The minimum absolute atomic E-state index is 0.0999. The zero-order valence-corrected chi connectivity index (χ0v) is 17.0. The Morgan fingerprint density at radius 2 is 1.67 bits per heavy atom. The second kappa shape index (κ2) is 8.10. The van der Waals surface area contributed by atoms with Crippen LogP contribution in [-0.4, -0.2) is 27.5 Å². The predicted octanol–water partition coefficient (Wildman–Crippen LogP) is 4.36. The van der Waals surface area contributed by atoms with Crippen LogP contribution in [0.5, 0.6) is 0 Å². The lowest BCUT2D eigenvalue weighted by atomic mass is 10.1. The molecule has 0 spiro atoms. The van der Waals surface area contributed by atoms with E-state index in [-0.39, 0.29) is 11.5 Å². The van der Waals surface area contributed by atoms with E-state index in [1.54, 1.807) is 31.2 Å². The van der Waals surface area contributed by atoms with Crippen LogP contribution in [-0.2, 0) is 19.6 Å². The molecule has 3 rings (SSSR count). The van der Waals surface area contributed by atoms with E-state index in [4.69, 9.17) is 4.74 Å². The van der Waals surface area contributed by atoms with Crippen LogP contribution >= 0.6 is 15.9 Å². The number of carbonyl (C=O) groups excluding carboxylic acids is 1. The first kappa shape index (κ1) is 19.4. The molecule has 0 amide bonds. The fraction of sp³-hybridized carbons (Fsp3) is 0.150. The average molecular weight is 448 g/mol. The lowest BCUT2D eigenvalue weighted by Crippen LogP contribution is -2.36. The summed E-state index contributed by atoms with van der Waals surface area (Å²) in [6.45, 7) is 1.46. The number of benzene rings is 3. The third-order valence-corrected chi connectivity index (χ3v) is 6.32. The molecule has 7 heteroatoms. The highest BCUT2D eigenvalue weighted by Gasteiger charge is 2.28. The highest BCUT2D eigenvalue weighted by atomic mass is 79.9. The summed E-state index contributed by atoms with van der Waals surface area (Å²) in [6, 6.07) is 19.1. The van der Waals surface area contributed by atoms with Gasteiger partial charge in [-0.2, -0.15) is 0 Å². The number of ether oxygens (including phenoxy) is 1. The topological polar surface area (TPSA) is 63.7 Å². The number of halogens is 1. The van der Waals surface area contributed by atoms with Crippen LogP contribution < -0.4 is 4.31 Å². The largest absolute Gasteiger partial charge is 0.465 e. The first-order valence-corrected chi connectivity index (χ1v) is 10.6. The number of carbonyl (C=O) groups is 1. The second-order valence-electron chi connectivity index (χ2n) is 5.77. The van der Waals surface area contributed by atoms with Gasteiger partial charge in [-0.1, -0.05) is 52.3 Å². The molecule has 3 aromatic rings. The van der Waals surface area contributed by atoms with Gasteiger partial charge in [0.05, 0.1) is 17.2 Å². The van der Waals surface area contributed by atoms with Crippen molar-refractivity contribution in [3.05, 3.63) is 71.2 Å². The van der Waals surface area contributed by atoms with Crippen LogP contribution in [0.3, 0.4) is 0 Å². The third kappa shape index (κ3) is 4.14. The normalized spacial score (nSPS) is 11.3. The average Bonchev–Trinajstić information content (AvgIpc) is 2.66. The smallest absolute Gasteiger partial charge is 0.326 e. The first-order chi connectivity index (χ1) is 12.9. The number of hydrogen-bond acceptors (Lipinski definition) is 4. The molecule has 0 heterocycles. The van der Waals surface area contributed by atoms with E-state index >= 15 is 0 Å². The molecule has 0 saturated heterocycles. The number of anilines is 1. The van der Waals surface area contributed by atoms with Gasteiger partial charge in [-0.15, -0.1) is 0 Å². The summed E-state index contributed by atoms with van der Waals surface area (Å²) in [5, 5.41) is 1.62. The van der Waals surface area contributed by atoms with E-state index in [1.807, 2.05) is 30.3 Å². The summed E-state index contributed by atoms with van der Waals surface area (Å²) in [7, 11) is -3.96. The fourth-order valence-electron chi connectivity index (χ4n) is 2.78. The molecule has 0 fully saturated rings. The quantitative estimate of drug-likeness (QED) is 0.526. The van der Waals surface area contributed by atoms with Crippen molar-refractivity contribution in [3.63, 3.8) is 0 Å². The van der Waals surface area contributed by atoms with Crippen LogP contribution in [0.2, 0.25) is 0 Å². The van der Waals surface area contributed by atoms with E-state index < -0.39 is 22.5 Å². The molecule has 5 nitrogen and oxygen atoms in total. The van der Waals surface area contributed by atoms with Gasteiger partial charge in [0.15, 0.2) is 0 Å². The maximum absolute atomic E-state index is 13.3. The molecular formula is C20H18BrNO4S. The van der Waals surface area contributed by atoms with Crippen molar-refractivity contribution in [3.8, 4) is 0 Å². The molecule has 0 radical (unpaired) electrons. The Hall–Kier alpha value is -2.38. The Kier molecular flexibility index (Phi) is 5.82. The molecular weight excluding hydrogens is 430 g/mol. The Balaban J connectivity index is 2.16. The van der Waals surface area contributed by atoms with Gasteiger partial charge in [0.25, 0.3) is 10.0 Å². The number of sulfonamides is 1. The number of hydrogen-bond donors (Lipinski definition) is 0. The Morgan fingerprint density at radius 3 is 2.37 bits per heavy atom. The van der Waals surface area contributed by atoms with Crippen molar-refractivity contribution >= 4 is 48.4 Å². The third-order valence-electron chi connectivity index (χ3n) is 4.01. The highest BCUT2D eigenvalue weighted by Crippen LogP contribution is 2.31. The van der Waals surface area contributed by atoms with Crippen LogP contribution in [0.1, 0.15) is 6.92 Å². The summed E-state index contributed by atoms with van der Waals surface area (Å²) in [4.78, 5) is 12.3. The van der Waals surface area contributed by atoms with E-state index in [1.165, 1.54) is 12.1 Å². The Labute approximate surface area is 166 Å².